The van der Waals surface area contributed by atoms with Crippen molar-refractivity contribution in [3.63, 3.8) is 0 Å². The molecular weight excluding hydrogens is 325 g/mol. The molecule has 8 heteroatoms. The average molecular weight is 341 g/mol. The molecule has 128 valence electrons. The van der Waals surface area contributed by atoms with Gasteiger partial charge in [0.25, 0.3) is 5.56 Å². The quantitative estimate of drug-likeness (QED) is 0.600. The Kier molecular flexibility index (Phi) is 3.18. The second kappa shape index (κ2) is 5.17. The van der Waals surface area contributed by atoms with E-state index in [-0.39, 0.29) is 12.1 Å². The van der Waals surface area contributed by atoms with Crippen molar-refractivity contribution >= 4 is 16.9 Å². The summed E-state index contributed by atoms with van der Waals surface area (Å²) in [4.78, 5) is 33.1. The minimum atomic E-state index is -0.532. The van der Waals surface area contributed by atoms with E-state index in [1.54, 1.807) is 29.6 Å². The normalized spacial score (nSPS) is 11.7. The van der Waals surface area contributed by atoms with Crippen LogP contribution in [0.15, 0.2) is 33.9 Å². The second-order valence-corrected chi connectivity index (χ2v) is 6.10. The van der Waals surface area contributed by atoms with E-state index in [4.69, 9.17) is 0 Å². The first-order valence-corrected chi connectivity index (χ1v) is 7.80. The maximum Gasteiger partial charge on any atom is 0.332 e. The Hall–Kier alpha value is -3.16. The zero-order chi connectivity index (χ0) is 17.9. The van der Waals surface area contributed by atoms with Crippen LogP contribution in [0.4, 0.5) is 4.39 Å². The molecular formula is C17H16FN5O2. The molecule has 0 atom stereocenters. The number of aromatic amines is 1. The van der Waals surface area contributed by atoms with Crippen molar-refractivity contribution in [1.82, 2.24) is 23.5 Å². The summed E-state index contributed by atoms with van der Waals surface area (Å²) in [5.74, 6) is 0.0457. The van der Waals surface area contributed by atoms with E-state index in [9.17, 15) is 14.0 Å². The van der Waals surface area contributed by atoms with Crippen LogP contribution >= 0.6 is 0 Å². The summed E-state index contributed by atoms with van der Waals surface area (Å²) < 4.78 is 18.0. The van der Waals surface area contributed by atoms with E-state index in [2.05, 4.69) is 9.97 Å². The zero-order valence-electron chi connectivity index (χ0n) is 14.0. The number of aryl methyl sites for hydroxylation is 3. The highest BCUT2D eigenvalue weighted by Crippen LogP contribution is 2.16. The predicted molar refractivity (Wildman–Crippen MR) is 91.5 cm³/mol. The summed E-state index contributed by atoms with van der Waals surface area (Å²) in [5, 5.41) is 0. The van der Waals surface area contributed by atoms with Gasteiger partial charge in [-0.25, -0.2) is 9.18 Å². The van der Waals surface area contributed by atoms with Gasteiger partial charge in [-0.1, -0.05) is 18.2 Å². The molecule has 7 nitrogen and oxygen atoms in total. The Morgan fingerprint density at radius 2 is 1.92 bits per heavy atom. The molecule has 3 heterocycles. The SMILES string of the molecule is Cc1[nH]c2nc3c(c(=O)n(Cc4ccccc4F)c(=O)n3C)n2c1C. The van der Waals surface area contributed by atoms with Crippen LogP contribution in [0.5, 0.6) is 0 Å². The van der Waals surface area contributed by atoms with Gasteiger partial charge in [-0.2, -0.15) is 4.98 Å². The van der Waals surface area contributed by atoms with Gasteiger partial charge in [-0.15, -0.1) is 0 Å². The molecule has 0 bridgehead atoms. The molecule has 1 N–H and O–H groups in total. The van der Waals surface area contributed by atoms with Crippen molar-refractivity contribution in [2.24, 2.45) is 7.05 Å². The van der Waals surface area contributed by atoms with Crippen LogP contribution in [0.25, 0.3) is 16.9 Å². The molecule has 0 spiro atoms. The third-order valence-electron chi connectivity index (χ3n) is 4.61. The first-order valence-electron chi connectivity index (χ1n) is 7.80. The molecule has 0 aliphatic rings. The highest BCUT2D eigenvalue weighted by atomic mass is 19.1. The number of imidazole rings is 2. The lowest BCUT2D eigenvalue weighted by Gasteiger charge is -2.09. The van der Waals surface area contributed by atoms with Gasteiger partial charge in [-0.3, -0.25) is 18.3 Å². The maximum atomic E-state index is 14.0. The minimum Gasteiger partial charge on any atom is -0.327 e. The molecule has 0 aliphatic heterocycles. The first kappa shape index (κ1) is 15.4. The standard InChI is InChI=1S/C17H16FN5O2/c1-9-10(2)23-13-14(20-16(23)19-9)21(3)17(25)22(15(13)24)8-11-6-4-5-7-12(11)18/h4-7H,8H2,1-3H3,(H,19,20). The number of rotatable bonds is 2. The number of hydrogen-bond acceptors (Lipinski definition) is 3. The first-order chi connectivity index (χ1) is 11.9. The summed E-state index contributed by atoms with van der Waals surface area (Å²) in [7, 11) is 1.55. The van der Waals surface area contributed by atoms with Crippen molar-refractivity contribution in [3.05, 3.63) is 67.9 Å². The zero-order valence-corrected chi connectivity index (χ0v) is 14.0. The summed E-state index contributed by atoms with van der Waals surface area (Å²) in [6.45, 7) is 3.62. The minimum absolute atomic E-state index is 0.135. The van der Waals surface area contributed by atoms with E-state index in [1.807, 2.05) is 13.8 Å². The molecule has 4 rings (SSSR count). The van der Waals surface area contributed by atoms with Crippen molar-refractivity contribution in [1.29, 1.82) is 0 Å². The van der Waals surface area contributed by atoms with E-state index in [1.165, 1.54) is 10.6 Å². The number of nitrogens with one attached hydrogen (secondary N) is 1. The van der Waals surface area contributed by atoms with Gasteiger partial charge in [-0.05, 0) is 19.9 Å². The van der Waals surface area contributed by atoms with E-state index in [0.717, 1.165) is 16.0 Å². The molecule has 25 heavy (non-hydrogen) atoms. The summed E-state index contributed by atoms with van der Waals surface area (Å²) in [5.41, 5.74) is 1.59. The van der Waals surface area contributed by atoms with Crippen LogP contribution in [0, 0.1) is 19.7 Å². The summed E-state index contributed by atoms with van der Waals surface area (Å²) in [6.07, 6.45) is 0. The van der Waals surface area contributed by atoms with Gasteiger partial charge < -0.3 is 4.98 Å². The molecule has 0 aliphatic carbocycles. The molecule has 0 unspecified atom stereocenters. The molecule has 0 saturated carbocycles. The van der Waals surface area contributed by atoms with Gasteiger partial charge >= 0.3 is 5.69 Å². The van der Waals surface area contributed by atoms with Crippen LogP contribution in [0.1, 0.15) is 17.0 Å². The Morgan fingerprint density at radius 3 is 2.64 bits per heavy atom. The summed E-state index contributed by atoms with van der Waals surface area (Å²) >= 11 is 0. The smallest absolute Gasteiger partial charge is 0.327 e. The van der Waals surface area contributed by atoms with Crippen LogP contribution in [0.2, 0.25) is 0 Å². The average Bonchev–Trinajstić information content (AvgIpc) is 3.08. The number of aromatic nitrogens is 5. The number of halogens is 1. The second-order valence-electron chi connectivity index (χ2n) is 6.10. The Bertz CT molecular complexity index is 1260. The van der Waals surface area contributed by atoms with E-state index >= 15 is 0 Å². The fourth-order valence-electron chi connectivity index (χ4n) is 3.09. The highest BCUT2D eigenvalue weighted by Gasteiger charge is 2.20. The number of fused-ring (bicyclic) bond motifs is 3. The van der Waals surface area contributed by atoms with Crippen molar-refractivity contribution in [3.8, 4) is 0 Å². The number of benzene rings is 1. The lowest BCUT2D eigenvalue weighted by Crippen LogP contribution is -2.39. The predicted octanol–water partition coefficient (Wildman–Crippen LogP) is 1.48. The Morgan fingerprint density at radius 1 is 1.20 bits per heavy atom. The molecule has 4 aromatic rings. The maximum absolute atomic E-state index is 14.0. The Balaban J connectivity index is 2.08. The lowest BCUT2D eigenvalue weighted by atomic mass is 10.2. The van der Waals surface area contributed by atoms with Crippen LogP contribution < -0.4 is 11.2 Å². The van der Waals surface area contributed by atoms with Crippen molar-refractivity contribution < 1.29 is 4.39 Å². The third-order valence-corrected chi connectivity index (χ3v) is 4.61. The largest absolute Gasteiger partial charge is 0.332 e. The van der Waals surface area contributed by atoms with Crippen LogP contribution in [0.3, 0.4) is 0 Å². The number of H-pyrrole nitrogens is 1. The Labute approximate surface area is 141 Å². The molecule has 0 saturated heterocycles. The van der Waals surface area contributed by atoms with Crippen molar-refractivity contribution in [2.45, 2.75) is 20.4 Å². The fourth-order valence-corrected chi connectivity index (χ4v) is 3.09. The van der Waals surface area contributed by atoms with Crippen molar-refractivity contribution in [2.75, 3.05) is 0 Å². The summed E-state index contributed by atoms with van der Waals surface area (Å²) in [6, 6.07) is 6.10. The van der Waals surface area contributed by atoms with E-state index in [0.29, 0.717) is 16.9 Å². The molecule has 0 radical (unpaired) electrons. The van der Waals surface area contributed by atoms with Gasteiger partial charge in [0.1, 0.15) is 5.82 Å². The lowest BCUT2D eigenvalue weighted by molar-refractivity contribution is 0.582. The molecule has 1 aromatic carbocycles. The van der Waals surface area contributed by atoms with Gasteiger partial charge in [0, 0.05) is 24.0 Å². The van der Waals surface area contributed by atoms with Gasteiger partial charge in [0.05, 0.1) is 6.54 Å². The van der Waals surface area contributed by atoms with Gasteiger partial charge in [0.15, 0.2) is 11.2 Å². The van der Waals surface area contributed by atoms with Crippen LogP contribution in [-0.2, 0) is 13.6 Å². The molecule has 0 fully saturated rings. The van der Waals surface area contributed by atoms with Crippen LogP contribution in [-0.4, -0.2) is 23.5 Å². The highest BCUT2D eigenvalue weighted by molar-refractivity contribution is 5.76. The monoisotopic (exact) mass is 341 g/mol. The van der Waals surface area contributed by atoms with E-state index < -0.39 is 17.1 Å². The number of nitrogens with zero attached hydrogens (tertiary/aromatic N) is 4. The molecule has 0 amide bonds. The molecule has 3 aromatic heterocycles. The topological polar surface area (TPSA) is 77.1 Å². The fraction of sp³-hybridized carbons (Fsp3) is 0.235. The van der Waals surface area contributed by atoms with Gasteiger partial charge in [0.2, 0.25) is 5.78 Å². The third kappa shape index (κ3) is 2.07. The number of hydrogen-bond donors (Lipinski definition) is 1.